The maximum absolute atomic E-state index is 11.9. The molecule has 1 aliphatic carbocycles. The topological polar surface area (TPSA) is 86.6 Å². The SMILES string of the molecule is Cc1ccc(C(=O)NC2(C(=O)O)CCC2)cc1O. The Morgan fingerprint density at radius 3 is 2.44 bits per heavy atom. The highest BCUT2D eigenvalue weighted by atomic mass is 16.4. The molecule has 3 N–H and O–H groups in total. The molecule has 0 saturated heterocycles. The summed E-state index contributed by atoms with van der Waals surface area (Å²) in [5.74, 6) is -1.44. The van der Waals surface area contributed by atoms with Gasteiger partial charge in [0.1, 0.15) is 11.3 Å². The van der Waals surface area contributed by atoms with Crippen LogP contribution in [0.1, 0.15) is 35.2 Å². The molecular formula is C13H15NO4. The van der Waals surface area contributed by atoms with Gasteiger partial charge in [0.2, 0.25) is 0 Å². The zero-order valence-electron chi connectivity index (χ0n) is 10.1. The third-order valence-corrected chi connectivity index (χ3v) is 3.44. The van der Waals surface area contributed by atoms with Crippen molar-refractivity contribution in [3.8, 4) is 5.75 Å². The van der Waals surface area contributed by atoms with Gasteiger partial charge in [-0.25, -0.2) is 4.79 Å². The van der Waals surface area contributed by atoms with E-state index in [9.17, 15) is 14.7 Å². The third kappa shape index (κ3) is 2.03. The number of carbonyl (C=O) groups excluding carboxylic acids is 1. The number of phenolic OH excluding ortho intramolecular Hbond substituents is 1. The maximum atomic E-state index is 11.9. The van der Waals surface area contributed by atoms with Gasteiger partial charge in [-0.2, -0.15) is 0 Å². The van der Waals surface area contributed by atoms with Gasteiger partial charge in [-0.05, 0) is 43.9 Å². The highest BCUT2D eigenvalue weighted by Gasteiger charge is 2.45. The Hall–Kier alpha value is -2.04. The number of nitrogens with one attached hydrogen (secondary N) is 1. The second kappa shape index (κ2) is 4.33. The van der Waals surface area contributed by atoms with E-state index < -0.39 is 17.4 Å². The van der Waals surface area contributed by atoms with Crippen molar-refractivity contribution in [2.45, 2.75) is 31.7 Å². The first kappa shape index (κ1) is 12.4. The van der Waals surface area contributed by atoms with Gasteiger partial charge in [0.05, 0.1) is 0 Å². The van der Waals surface area contributed by atoms with Gasteiger partial charge >= 0.3 is 5.97 Å². The molecule has 1 fully saturated rings. The molecule has 0 atom stereocenters. The average Bonchev–Trinajstić information content (AvgIpc) is 2.26. The van der Waals surface area contributed by atoms with Gasteiger partial charge in [-0.1, -0.05) is 6.07 Å². The number of amides is 1. The Labute approximate surface area is 104 Å². The Balaban J connectivity index is 2.17. The van der Waals surface area contributed by atoms with E-state index in [1.807, 2.05) is 0 Å². The molecule has 0 radical (unpaired) electrons. The second-order valence-corrected chi connectivity index (χ2v) is 4.70. The van der Waals surface area contributed by atoms with Gasteiger partial charge in [-0.15, -0.1) is 0 Å². The van der Waals surface area contributed by atoms with Crippen LogP contribution in [0, 0.1) is 6.92 Å². The number of aryl methyl sites for hydroxylation is 1. The lowest BCUT2D eigenvalue weighted by atomic mass is 9.76. The van der Waals surface area contributed by atoms with Crippen molar-refractivity contribution >= 4 is 11.9 Å². The van der Waals surface area contributed by atoms with Crippen LogP contribution < -0.4 is 5.32 Å². The number of rotatable bonds is 3. The molecule has 0 aliphatic heterocycles. The van der Waals surface area contributed by atoms with E-state index in [0.717, 1.165) is 6.42 Å². The summed E-state index contributed by atoms with van der Waals surface area (Å²) in [5.41, 5.74) is -0.189. The highest BCUT2D eigenvalue weighted by Crippen LogP contribution is 2.32. The summed E-state index contributed by atoms with van der Waals surface area (Å²) in [4.78, 5) is 23.1. The largest absolute Gasteiger partial charge is 0.508 e. The summed E-state index contributed by atoms with van der Waals surface area (Å²) >= 11 is 0. The van der Waals surface area contributed by atoms with Gasteiger partial charge in [-0.3, -0.25) is 4.79 Å². The summed E-state index contributed by atoms with van der Waals surface area (Å²) in [7, 11) is 0. The molecule has 0 spiro atoms. The number of carboxylic acid groups (broad SMARTS) is 1. The minimum Gasteiger partial charge on any atom is -0.508 e. The predicted molar refractivity (Wildman–Crippen MR) is 64.5 cm³/mol. The zero-order valence-corrected chi connectivity index (χ0v) is 10.1. The molecule has 0 unspecified atom stereocenters. The quantitative estimate of drug-likeness (QED) is 0.756. The number of aromatic hydroxyl groups is 1. The number of benzene rings is 1. The Morgan fingerprint density at radius 2 is 2.00 bits per heavy atom. The molecule has 0 aromatic heterocycles. The van der Waals surface area contributed by atoms with E-state index in [1.165, 1.54) is 6.07 Å². The molecule has 0 bridgehead atoms. The molecular weight excluding hydrogens is 234 g/mol. The summed E-state index contributed by atoms with van der Waals surface area (Å²) in [6, 6.07) is 4.54. The number of hydrogen-bond donors (Lipinski definition) is 3. The van der Waals surface area contributed by atoms with Crippen LogP contribution in [-0.4, -0.2) is 27.6 Å². The van der Waals surface area contributed by atoms with Crippen LogP contribution in [0.5, 0.6) is 5.75 Å². The third-order valence-electron chi connectivity index (χ3n) is 3.44. The van der Waals surface area contributed by atoms with Crippen LogP contribution in [0.4, 0.5) is 0 Å². The molecule has 1 amide bonds. The van der Waals surface area contributed by atoms with Crippen LogP contribution in [0.15, 0.2) is 18.2 Å². The lowest BCUT2D eigenvalue weighted by Gasteiger charge is -2.38. The Kier molecular flexibility index (Phi) is 2.98. The predicted octanol–water partition coefficient (Wildman–Crippen LogP) is 1.44. The van der Waals surface area contributed by atoms with E-state index in [1.54, 1.807) is 19.1 Å². The molecule has 5 heteroatoms. The fraction of sp³-hybridized carbons (Fsp3) is 0.385. The first-order valence-electron chi connectivity index (χ1n) is 5.80. The number of carbonyl (C=O) groups is 2. The van der Waals surface area contributed by atoms with Crippen molar-refractivity contribution in [1.82, 2.24) is 5.32 Å². The van der Waals surface area contributed by atoms with Crippen molar-refractivity contribution in [3.63, 3.8) is 0 Å². The lowest BCUT2D eigenvalue weighted by molar-refractivity contribution is -0.148. The van der Waals surface area contributed by atoms with Crippen LogP contribution in [0.25, 0.3) is 0 Å². The number of carboxylic acids is 1. The standard InChI is InChI=1S/C13H15NO4/c1-8-3-4-9(7-10(8)15)11(16)14-13(12(17)18)5-2-6-13/h3-4,7,15H,2,5-6H2,1H3,(H,14,16)(H,17,18). The molecule has 1 aliphatic rings. The molecule has 1 aromatic rings. The summed E-state index contributed by atoms with van der Waals surface area (Å²) in [6.45, 7) is 1.72. The van der Waals surface area contributed by atoms with Gasteiger partial charge < -0.3 is 15.5 Å². The van der Waals surface area contributed by atoms with E-state index in [0.29, 0.717) is 18.4 Å². The number of aliphatic carboxylic acids is 1. The Bertz CT molecular complexity index is 506. The summed E-state index contributed by atoms with van der Waals surface area (Å²) < 4.78 is 0. The molecule has 2 rings (SSSR count). The zero-order chi connectivity index (χ0) is 13.3. The smallest absolute Gasteiger partial charge is 0.329 e. The second-order valence-electron chi connectivity index (χ2n) is 4.70. The molecule has 18 heavy (non-hydrogen) atoms. The van der Waals surface area contributed by atoms with Gasteiger partial charge in [0.25, 0.3) is 5.91 Å². The van der Waals surface area contributed by atoms with Crippen molar-refractivity contribution in [2.75, 3.05) is 0 Å². The average molecular weight is 249 g/mol. The van der Waals surface area contributed by atoms with Crippen LogP contribution >= 0.6 is 0 Å². The van der Waals surface area contributed by atoms with Crippen LogP contribution in [-0.2, 0) is 4.79 Å². The molecule has 1 saturated carbocycles. The van der Waals surface area contributed by atoms with Crippen molar-refractivity contribution in [1.29, 1.82) is 0 Å². The molecule has 5 nitrogen and oxygen atoms in total. The summed E-state index contributed by atoms with van der Waals surface area (Å²) in [5, 5.41) is 21.2. The van der Waals surface area contributed by atoms with E-state index in [4.69, 9.17) is 5.11 Å². The minimum atomic E-state index is -1.13. The van der Waals surface area contributed by atoms with Crippen molar-refractivity contribution in [2.24, 2.45) is 0 Å². The van der Waals surface area contributed by atoms with Crippen LogP contribution in [0.3, 0.4) is 0 Å². The minimum absolute atomic E-state index is 0.0284. The number of hydrogen-bond acceptors (Lipinski definition) is 3. The van der Waals surface area contributed by atoms with E-state index in [-0.39, 0.29) is 11.3 Å². The van der Waals surface area contributed by atoms with Crippen molar-refractivity contribution in [3.05, 3.63) is 29.3 Å². The molecule has 1 aromatic carbocycles. The van der Waals surface area contributed by atoms with E-state index >= 15 is 0 Å². The molecule has 0 heterocycles. The lowest BCUT2D eigenvalue weighted by Crippen LogP contribution is -2.59. The van der Waals surface area contributed by atoms with Crippen LogP contribution in [0.2, 0.25) is 0 Å². The molecule has 96 valence electrons. The van der Waals surface area contributed by atoms with Gasteiger partial charge in [0.15, 0.2) is 0 Å². The highest BCUT2D eigenvalue weighted by molar-refractivity contribution is 5.98. The number of phenols is 1. The van der Waals surface area contributed by atoms with E-state index in [2.05, 4.69) is 5.32 Å². The maximum Gasteiger partial charge on any atom is 0.329 e. The van der Waals surface area contributed by atoms with Crippen molar-refractivity contribution < 1.29 is 19.8 Å². The fourth-order valence-electron chi connectivity index (χ4n) is 1.96. The fourth-order valence-corrected chi connectivity index (χ4v) is 1.96. The first-order chi connectivity index (χ1) is 8.44. The summed E-state index contributed by atoms with van der Waals surface area (Å²) in [6.07, 6.45) is 1.70. The monoisotopic (exact) mass is 249 g/mol. The first-order valence-corrected chi connectivity index (χ1v) is 5.80. The Morgan fingerprint density at radius 1 is 1.33 bits per heavy atom. The van der Waals surface area contributed by atoms with Gasteiger partial charge in [0, 0.05) is 5.56 Å². The normalized spacial score (nSPS) is 16.7.